The van der Waals surface area contributed by atoms with Crippen LogP contribution < -0.4 is 4.74 Å². The molecule has 0 N–H and O–H groups in total. The smallest absolute Gasteiger partial charge is 0.185 e. The zero-order chi connectivity index (χ0) is 15.3. The van der Waals surface area contributed by atoms with Gasteiger partial charge in [0.15, 0.2) is 5.78 Å². The number of hydrogen-bond donors (Lipinski definition) is 0. The van der Waals surface area contributed by atoms with Crippen LogP contribution in [0.15, 0.2) is 24.3 Å². The van der Waals surface area contributed by atoms with E-state index in [-0.39, 0.29) is 5.78 Å². The molecular formula is C16H23NO4. The molecule has 0 saturated carbocycles. The number of hydrogen-bond acceptors (Lipinski definition) is 5. The zero-order valence-corrected chi connectivity index (χ0v) is 12.9. The fourth-order valence-corrected chi connectivity index (χ4v) is 2.71. The molecule has 1 aromatic carbocycles. The van der Waals surface area contributed by atoms with E-state index in [1.165, 1.54) is 0 Å². The van der Waals surface area contributed by atoms with Crippen LogP contribution in [0.2, 0.25) is 0 Å². The largest absolute Gasteiger partial charge is 0.497 e. The number of carbonyl (C=O) groups is 1. The molecule has 1 heterocycles. The number of benzene rings is 1. The summed E-state index contributed by atoms with van der Waals surface area (Å²) in [6.45, 7) is 5.03. The first-order chi connectivity index (χ1) is 10.1. The van der Waals surface area contributed by atoms with E-state index in [4.69, 9.17) is 14.2 Å². The van der Waals surface area contributed by atoms with E-state index in [9.17, 15) is 4.79 Å². The number of rotatable bonds is 6. The summed E-state index contributed by atoms with van der Waals surface area (Å²) >= 11 is 0. The van der Waals surface area contributed by atoms with E-state index in [0.29, 0.717) is 31.1 Å². The van der Waals surface area contributed by atoms with Gasteiger partial charge in [-0.1, -0.05) is 12.1 Å². The maximum atomic E-state index is 13.0. The van der Waals surface area contributed by atoms with Crippen LogP contribution in [0.3, 0.4) is 0 Å². The van der Waals surface area contributed by atoms with Gasteiger partial charge in [-0.15, -0.1) is 0 Å². The van der Waals surface area contributed by atoms with Crippen molar-refractivity contribution in [3.8, 4) is 5.75 Å². The second-order valence-corrected chi connectivity index (χ2v) is 5.37. The Hall–Kier alpha value is -1.43. The van der Waals surface area contributed by atoms with E-state index in [0.717, 1.165) is 13.1 Å². The van der Waals surface area contributed by atoms with Crippen molar-refractivity contribution >= 4 is 5.78 Å². The Balaban J connectivity index is 2.28. The summed E-state index contributed by atoms with van der Waals surface area (Å²) in [5.74, 6) is 0.729. The molecule has 1 aliphatic heterocycles. The van der Waals surface area contributed by atoms with Crippen molar-refractivity contribution in [2.45, 2.75) is 12.5 Å². The average molecular weight is 293 g/mol. The van der Waals surface area contributed by atoms with E-state index in [1.54, 1.807) is 20.3 Å². The monoisotopic (exact) mass is 293 g/mol. The Morgan fingerprint density at radius 1 is 1.33 bits per heavy atom. The maximum Gasteiger partial charge on any atom is 0.185 e. The number of ketones is 1. The summed E-state index contributed by atoms with van der Waals surface area (Å²) in [5, 5.41) is 0. The molecular weight excluding hydrogens is 270 g/mol. The lowest BCUT2D eigenvalue weighted by Crippen LogP contribution is -2.58. The number of nitrogens with zero attached hydrogens (tertiary/aromatic N) is 1. The lowest BCUT2D eigenvalue weighted by Gasteiger charge is -2.41. The number of carbonyl (C=O) groups excluding carboxylic acids is 1. The van der Waals surface area contributed by atoms with Gasteiger partial charge in [-0.2, -0.15) is 0 Å². The standard InChI is InChI=1S/C16H23NO4/c1-16(12-19-2,17-7-9-21-10-8-17)15(18)13-5-4-6-14(11-13)20-3/h4-6,11H,7-10,12H2,1-3H3. The third kappa shape index (κ3) is 3.43. The summed E-state index contributed by atoms with van der Waals surface area (Å²) < 4.78 is 15.9. The molecule has 1 fully saturated rings. The number of morpholine rings is 1. The van der Waals surface area contributed by atoms with Crippen molar-refractivity contribution < 1.29 is 19.0 Å². The molecule has 1 atom stereocenters. The molecule has 0 aromatic heterocycles. The van der Waals surface area contributed by atoms with Gasteiger partial charge in [0.25, 0.3) is 0 Å². The third-order valence-electron chi connectivity index (χ3n) is 3.96. The number of ether oxygens (including phenoxy) is 3. The first-order valence-corrected chi connectivity index (χ1v) is 7.12. The molecule has 116 valence electrons. The second-order valence-electron chi connectivity index (χ2n) is 5.37. The SMILES string of the molecule is COCC(C)(C(=O)c1cccc(OC)c1)N1CCOCC1. The Morgan fingerprint density at radius 3 is 2.67 bits per heavy atom. The van der Waals surface area contributed by atoms with Gasteiger partial charge in [0.2, 0.25) is 0 Å². The molecule has 1 aliphatic rings. The number of Topliss-reactive ketones (excluding diaryl/α,β-unsaturated/α-hetero) is 1. The van der Waals surface area contributed by atoms with Gasteiger partial charge in [0.1, 0.15) is 11.3 Å². The summed E-state index contributed by atoms with van der Waals surface area (Å²) in [5.41, 5.74) is -0.0503. The van der Waals surface area contributed by atoms with E-state index < -0.39 is 5.54 Å². The Kier molecular flexibility index (Phi) is 5.33. The molecule has 0 radical (unpaired) electrons. The van der Waals surface area contributed by atoms with Crippen LogP contribution in [0.4, 0.5) is 0 Å². The normalized spacial score (nSPS) is 19.0. The lowest BCUT2D eigenvalue weighted by molar-refractivity contribution is -0.0326. The first-order valence-electron chi connectivity index (χ1n) is 7.12. The summed E-state index contributed by atoms with van der Waals surface area (Å²) in [6, 6.07) is 7.26. The Morgan fingerprint density at radius 2 is 2.05 bits per heavy atom. The highest BCUT2D eigenvalue weighted by Gasteiger charge is 2.40. The van der Waals surface area contributed by atoms with Gasteiger partial charge >= 0.3 is 0 Å². The maximum absolute atomic E-state index is 13.0. The molecule has 5 heteroatoms. The molecule has 0 aliphatic carbocycles. The molecule has 1 saturated heterocycles. The molecule has 0 bridgehead atoms. The minimum Gasteiger partial charge on any atom is -0.497 e. The fourth-order valence-electron chi connectivity index (χ4n) is 2.71. The zero-order valence-electron chi connectivity index (χ0n) is 12.9. The van der Waals surface area contributed by atoms with Crippen molar-refractivity contribution in [3.63, 3.8) is 0 Å². The third-order valence-corrected chi connectivity index (χ3v) is 3.96. The topological polar surface area (TPSA) is 48.0 Å². The Labute approximate surface area is 125 Å². The quantitative estimate of drug-likeness (QED) is 0.746. The summed E-state index contributed by atoms with van der Waals surface area (Å²) in [7, 11) is 3.22. The van der Waals surface area contributed by atoms with Crippen molar-refractivity contribution in [2.75, 3.05) is 47.1 Å². The molecule has 0 spiro atoms. The van der Waals surface area contributed by atoms with Crippen LogP contribution in [-0.2, 0) is 9.47 Å². The average Bonchev–Trinajstić information content (AvgIpc) is 2.55. The van der Waals surface area contributed by atoms with Gasteiger partial charge in [-0.3, -0.25) is 9.69 Å². The van der Waals surface area contributed by atoms with Crippen LogP contribution >= 0.6 is 0 Å². The summed E-state index contributed by atoms with van der Waals surface area (Å²) in [4.78, 5) is 15.1. The minimum absolute atomic E-state index is 0.0464. The first kappa shape index (κ1) is 15.9. The molecule has 0 amide bonds. The van der Waals surface area contributed by atoms with Gasteiger partial charge in [0, 0.05) is 25.8 Å². The van der Waals surface area contributed by atoms with Crippen LogP contribution in [-0.4, -0.2) is 63.4 Å². The molecule has 5 nitrogen and oxygen atoms in total. The molecule has 2 rings (SSSR count). The van der Waals surface area contributed by atoms with E-state index in [1.807, 2.05) is 25.1 Å². The van der Waals surface area contributed by atoms with Gasteiger partial charge in [-0.25, -0.2) is 0 Å². The van der Waals surface area contributed by atoms with Crippen LogP contribution in [0.25, 0.3) is 0 Å². The lowest BCUT2D eigenvalue weighted by atomic mass is 9.89. The predicted molar refractivity (Wildman–Crippen MR) is 80.0 cm³/mol. The molecule has 1 aromatic rings. The second kappa shape index (κ2) is 7.02. The highest BCUT2D eigenvalue weighted by molar-refractivity contribution is 6.03. The van der Waals surface area contributed by atoms with Crippen LogP contribution in [0, 0.1) is 0 Å². The van der Waals surface area contributed by atoms with Crippen LogP contribution in [0.5, 0.6) is 5.75 Å². The highest BCUT2D eigenvalue weighted by atomic mass is 16.5. The molecule has 21 heavy (non-hydrogen) atoms. The number of methoxy groups -OCH3 is 2. The van der Waals surface area contributed by atoms with Crippen molar-refractivity contribution in [1.82, 2.24) is 4.90 Å². The molecule has 1 unspecified atom stereocenters. The van der Waals surface area contributed by atoms with Crippen molar-refractivity contribution in [2.24, 2.45) is 0 Å². The van der Waals surface area contributed by atoms with Crippen molar-refractivity contribution in [1.29, 1.82) is 0 Å². The van der Waals surface area contributed by atoms with Crippen molar-refractivity contribution in [3.05, 3.63) is 29.8 Å². The minimum atomic E-state index is -0.690. The highest BCUT2D eigenvalue weighted by Crippen LogP contribution is 2.24. The van der Waals surface area contributed by atoms with E-state index >= 15 is 0 Å². The summed E-state index contributed by atoms with van der Waals surface area (Å²) in [6.07, 6.45) is 0. The van der Waals surface area contributed by atoms with Gasteiger partial charge in [0.05, 0.1) is 26.9 Å². The fraction of sp³-hybridized carbons (Fsp3) is 0.562. The Bertz CT molecular complexity index is 485. The van der Waals surface area contributed by atoms with Gasteiger partial charge in [-0.05, 0) is 19.1 Å². The van der Waals surface area contributed by atoms with Crippen LogP contribution in [0.1, 0.15) is 17.3 Å². The van der Waals surface area contributed by atoms with Gasteiger partial charge < -0.3 is 14.2 Å². The predicted octanol–water partition coefficient (Wildman–Crippen LogP) is 1.62. The van der Waals surface area contributed by atoms with E-state index in [2.05, 4.69) is 4.90 Å².